The molecule has 0 saturated carbocycles. The quantitative estimate of drug-likeness (QED) is 0.719. The van der Waals surface area contributed by atoms with E-state index < -0.39 is 6.67 Å². The van der Waals surface area contributed by atoms with Crippen LogP contribution in [0.4, 0.5) is 8.78 Å². The van der Waals surface area contributed by atoms with Crippen LogP contribution in [0.5, 0.6) is 5.75 Å². The van der Waals surface area contributed by atoms with E-state index in [0.29, 0.717) is 17.7 Å². The molecule has 0 amide bonds. The number of hydrogen-bond acceptors (Lipinski definition) is 1. The van der Waals surface area contributed by atoms with E-state index in [1.807, 2.05) is 30.3 Å². The molecule has 0 aliphatic rings. The maximum absolute atomic E-state index is 13.9. The molecule has 0 spiro atoms. The van der Waals surface area contributed by atoms with Crippen LogP contribution in [0.1, 0.15) is 6.42 Å². The van der Waals surface area contributed by atoms with E-state index in [1.54, 1.807) is 12.1 Å². The molecule has 0 aliphatic heterocycles. The van der Waals surface area contributed by atoms with Gasteiger partial charge in [0.2, 0.25) is 0 Å². The van der Waals surface area contributed by atoms with Crippen LogP contribution in [0.2, 0.25) is 0 Å². The summed E-state index contributed by atoms with van der Waals surface area (Å²) in [7, 11) is 0. The molecular weight excluding hydrogens is 234 g/mol. The molecular formula is C15H14F2O. The summed E-state index contributed by atoms with van der Waals surface area (Å²) in [6, 6.07) is 14.0. The van der Waals surface area contributed by atoms with Crippen LogP contribution in [0.3, 0.4) is 0 Å². The molecule has 3 heteroatoms. The van der Waals surface area contributed by atoms with Gasteiger partial charge in [-0.15, -0.1) is 0 Å². The molecule has 0 N–H and O–H groups in total. The zero-order valence-electron chi connectivity index (χ0n) is 9.90. The SMILES string of the molecule is FCCCOc1ccc(-c2ccccc2)c(F)c1. The van der Waals surface area contributed by atoms with Crippen molar-refractivity contribution in [3.05, 3.63) is 54.3 Å². The summed E-state index contributed by atoms with van der Waals surface area (Å²) in [5.74, 6) is 0.0968. The molecule has 0 aromatic heterocycles. The Labute approximate surface area is 105 Å². The zero-order chi connectivity index (χ0) is 12.8. The van der Waals surface area contributed by atoms with Crippen LogP contribution in [-0.4, -0.2) is 13.3 Å². The molecule has 1 nitrogen and oxygen atoms in total. The molecule has 2 aromatic carbocycles. The van der Waals surface area contributed by atoms with E-state index in [1.165, 1.54) is 6.07 Å². The fourth-order valence-electron chi connectivity index (χ4n) is 1.68. The summed E-state index contributed by atoms with van der Waals surface area (Å²) in [6.07, 6.45) is 0.321. The monoisotopic (exact) mass is 248 g/mol. The summed E-state index contributed by atoms with van der Waals surface area (Å²) in [4.78, 5) is 0. The summed E-state index contributed by atoms with van der Waals surface area (Å²) in [6.45, 7) is -0.162. The first-order chi connectivity index (χ1) is 8.81. The minimum Gasteiger partial charge on any atom is -0.493 e. The second-order valence-corrected chi connectivity index (χ2v) is 3.90. The van der Waals surface area contributed by atoms with Crippen LogP contribution in [-0.2, 0) is 0 Å². The van der Waals surface area contributed by atoms with Crippen LogP contribution >= 0.6 is 0 Å². The van der Waals surface area contributed by atoms with Crippen molar-refractivity contribution in [1.82, 2.24) is 0 Å². The van der Waals surface area contributed by atoms with Gasteiger partial charge in [0.1, 0.15) is 11.6 Å². The molecule has 0 fully saturated rings. The van der Waals surface area contributed by atoms with Gasteiger partial charge in [-0.2, -0.15) is 0 Å². The molecule has 18 heavy (non-hydrogen) atoms. The van der Waals surface area contributed by atoms with Crippen molar-refractivity contribution in [2.45, 2.75) is 6.42 Å². The molecule has 0 atom stereocenters. The lowest BCUT2D eigenvalue weighted by molar-refractivity contribution is 0.288. The average Bonchev–Trinajstić information content (AvgIpc) is 2.40. The van der Waals surface area contributed by atoms with Crippen molar-refractivity contribution < 1.29 is 13.5 Å². The summed E-state index contributed by atoms with van der Waals surface area (Å²) in [5, 5.41) is 0. The number of halogens is 2. The minimum atomic E-state index is -0.426. The van der Waals surface area contributed by atoms with Crippen LogP contribution in [0, 0.1) is 5.82 Å². The van der Waals surface area contributed by atoms with Gasteiger partial charge >= 0.3 is 0 Å². The summed E-state index contributed by atoms with van der Waals surface area (Å²) in [5.41, 5.74) is 1.36. The molecule has 0 heterocycles. The smallest absolute Gasteiger partial charge is 0.134 e. The number of alkyl halides is 1. The Bertz CT molecular complexity index is 497. The fraction of sp³-hybridized carbons (Fsp3) is 0.200. The third kappa shape index (κ3) is 3.06. The first kappa shape index (κ1) is 12.6. The normalized spacial score (nSPS) is 10.3. The molecule has 0 bridgehead atoms. The maximum atomic E-state index is 13.9. The van der Waals surface area contributed by atoms with E-state index in [-0.39, 0.29) is 12.4 Å². The third-order valence-corrected chi connectivity index (χ3v) is 2.57. The Morgan fingerprint density at radius 2 is 1.78 bits per heavy atom. The number of hydrogen-bond donors (Lipinski definition) is 0. The van der Waals surface area contributed by atoms with Crippen LogP contribution in [0.15, 0.2) is 48.5 Å². The van der Waals surface area contributed by atoms with Gasteiger partial charge in [0.25, 0.3) is 0 Å². The lowest BCUT2D eigenvalue weighted by atomic mass is 10.1. The molecule has 2 aromatic rings. The van der Waals surface area contributed by atoms with Gasteiger partial charge in [-0.1, -0.05) is 30.3 Å². The highest BCUT2D eigenvalue weighted by molar-refractivity contribution is 5.64. The van der Waals surface area contributed by atoms with Crippen molar-refractivity contribution in [3.63, 3.8) is 0 Å². The van der Waals surface area contributed by atoms with Gasteiger partial charge in [0.15, 0.2) is 0 Å². The van der Waals surface area contributed by atoms with Gasteiger partial charge in [-0.05, 0) is 17.7 Å². The molecule has 0 radical (unpaired) electrons. The standard InChI is InChI=1S/C15H14F2O/c16-9-4-10-18-13-7-8-14(15(17)11-13)12-5-2-1-3-6-12/h1-3,5-8,11H,4,9-10H2. The summed E-state index contributed by atoms with van der Waals surface area (Å²) < 4.78 is 31.0. The molecule has 0 saturated heterocycles. The second kappa shape index (κ2) is 6.15. The first-order valence-corrected chi connectivity index (χ1v) is 5.85. The first-order valence-electron chi connectivity index (χ1n) is 5.85. The molecule has 2 rings (SSSR count). The topological polar surface area (TPSA) is 9.23 Å². The predicted molar refractivity (Wildman–Crippen MR) is 67.9 cm³/mol. The van der Waals surface area contributed by atoms with E-state index in [9.17, 15) is 8.78 Å². The Hall–Kier alpha value is -1.90. The van der Waals surface area contributed by atoms with Gasteiger partial charge in [-0.3, -0.25) is 4.39 Å². The van der Waals surface area contributed by atoms with E-state index in [0.717, 1.165) is 5.56 Å². The Morgan fingerprint density at radius 1 is 1.00 bits per heavy atom. The molecule has 94 valence electrons. The number of rotatable bonds is 5. The van der Waals surface area contributed by atoms with Crippen LogP contribution in [0.25, 0.3) is 11.1 Å². The predicted octanol–water partition coefficient (Wildman–Crippen LogP) is 4.23. The Kier molecular flexibility index (Phi) is 4.29. The number of benzene rings is 2. The van der Waals surface area contributed by atoms with Crippen molar-refractivity contribution in [3.8, 4) is 16.9 Å². The zero-order valence-corrected chi connectivity index (χ0v) is 9.90. The highest BCUT2D eigenvalue weighted by Gasteiger charge is 2.06. The summed E-state index contributed by atoms with van der Waals surface area (Å²) >= 11 is 0. The molecule has 0 aliphatic carbocycles. The number of ether oxygens (including phenoxy) is 1. The maximum Gasteiger partial charge on any atom is 0.134 e. The molecule has 0 unspecified atom stereocenters. The van der Waals surface area contributed by atoms with Crippen molar-refractivity contribution >= 4 is 0 Å². The fourth-order valence-corrected chi connectivity index (χ4v) is 1.68. The van der Waals surface area contributed by atoms with E-state index in [2.05, 4.69) is 0 Å². The highest BCUT2D eigenvalue weighted by Crippen LogP contribution is 2.26. The largest absolute Gasteiger partial charge is 0.493 e. The van der Waals surface area contributed by atoms with Crippen molar-refractivity contribution in [1.29, 1.82) is 0 Å². The lowest BCUT2D eigenvalue weighted by Crippen LogP contribution is -1.98. The van der Waals surface area contributed by atoms with Crippen molar-refractivity contribution in [2.75, 3.05) is 13.3 Å². The second-order valence-electron chi connectivity index (χ2n) is 3.90. The average molecular weight is 248 g/mol. The van der Waals surface area contributed by atoms with Gasteiger partial charge in [0.05, 0.1) is 13.3 Å². The van der Waals surface area contributed by atoms with E-state index in [4.69, 9.17) is 4.74 Å². The lowest BCUT2D eigenvalue weighted by Gasteiger charge is -2.08. The van der Waals surface area contributed by atoms with Gasteiger partial charge in [-0.25, -0.2) is 4.39 Å². The van der Waals surface area contributed by atoms with Crippen molar-refractivity contribution in [2.24, 2.45) is 0 Å². The Balaban J connectivity index is 2.15. The minimum absolute atomic E-state index is 0.265. The van der Waals surface area contributed by atoms with Gasteiger partial charge < -0.3 is 4.74 Å². The highest BCUT2D eigenvalue weighted by atomic mass is 19.1. The third-order valence-electron chi connectivity index (χ3n) is 2.57. The Morgan fingerprint density at radius 3 is 2.44 bits per heavy atom. The van der Waals surface area contributed by atoms with Crippen LogP contribution < -0.4 is 4.74 Å². The van der Waals surface area contributed by atoms with E-state index >= 15 is 0 Å². The van der Waals surface area contributed by atoms with Gasteiger partial charge in [0, 0.05) is 18.1 Å².